The van der Waals surface area contributed by atoms with E-state index >= 15 is 0 Å². The van der Waals surface area contributed by atoms with Crippen LogP contribution in [0.2, 0.25) is 15.5 Å². The number of nitrogens with one attached hydrogen (secondary N) is 1. The summed E-state index contributed by atoms with van der Waals surface area (Å²) in [5.41, 5.74) is 16.2. The zero-order chi connectivity index (χ0) is 73.8. The molecule has 0 aliphatic heterocycles. The minimum absolute atomic E-state index is 0. The molecule has 31 heteroatoms. The van der Waals surface area contributed by atoms with E-state index in [0.717, 1.165) is 101 Å². The van der Waals surface area contributed by atoms with Gasteiger partial charge in [0.15, 0.2) is 21.0 Å². The second-order valence-corrected chi connectivity index (χ2v) is 40.7. The molecule has 15 aromatic rings. The molecule has 0 unspecified atom stereocenters. The summed E-state index contributed by atoms with van der Waals surface area (Å²) in [7, 11) is 0. The predicted molar refractivity (Wildman–Crippen MR) is 455 cm³/mol. The van der Waals surface area contributed by atoms with Crippen molar-refractivity contribution < 1.29 is 80.0 Å². The van der Waals surface area contributed by atoms with Crippen molar-refractivity contribution in [2.24, 2.45) is 0 Å². The number of aliphatic hydroxyl groups excluding tert-OH is 3. The Morgan fingerprint density at radius 3 is 1.06 bits per heavy atom. The van der Waals surface area contributed by atoms with E-state index < -0.39 is 5.54 Å². The topological polar surface area (TPSA) is 265 Å². The zero-order valence-corrected chi connectivity index (χ0v) is 76.1. The van der Waals surface area contributed by atoms with E-state index in [0.29, 0.717) is 82.9 Å². The number of rotatable bonds is 19. The van der Waals surface area contributed by atoms with E-state index in [4.69, 9.17) is 45.1 Å². The number of benzene rings is 9. The van der Waals surface area contributed by atoms with E-state index in [1.54, 1.807) is 4.80 Å². The fraction of sp³-hybridized carbons (Fsp3) is 0.132. The molecule has 0 atom stereocenters. The van der Waals surface area contributed by atoms with Crippen LogP contribution in [-0.4, -0.2) is 100 Å². The van der Waals surface area contributed by atoms with Crippen LogP contribution in [0.1, 0.15) is 67.9 Å². The fourth-order valence-electron chi connectivity index (χ4n) is 12.4. The van der Waals surface area contributed by atoms with Crippen LogP contribution in [-0.2, 0) is 45.0 Å². The molecule has 15 rings (SSSR count). The van der Waals surface area contributed by atoms with Gasteiger partial charge in [-0.1, -0.05) is 271 Å². The Labute approximate surface area is 745 Å². The normalized spacial score (nSPS) is 10.8. The van der Waals surface area contributed by atoms with Gasteiger partial charge in [-0.2, -0.15) is 5.21 Å². The van der Waals surface area contributed by atoms with Crippen LogP contribution in [0, 0.1) is 20.8 Å². The molecule has 0 bridgehead atoms. The van der Waals surface area contributed by atoms with Crippen molar-refractivity contribution in [2.75, 3.05) is 0 Å². The third kappa shape index (κ3) is 20.5. The predicted octanol–water partition coefficient (Wildman–Crippen LogP) is 11.8. The van der Waals surface area contributed by atoms with E-state index in [1.807, 2.05) is 180 Å². The molecule has 6 heterocycles. The Morgan fingerprint density at radius 2 is 0.748 bits per heavy atom. The number of hydrogen-bond acceptors (Lipinski definition) is 15. The number of H-pyrrole nitrogens is 1. The van der Waals surface area contributed by atoms with Crippen molar-refractivity contribution in [3.05, 3.63) is 320 Å². The summed E-state index contributed by atoms with van der Waals surface area (Å²) in [6.07, 6.45) is 0. The summed E-state index contributed by atoms with van der Waals surface area (Å²) in [6.45, 7) is 6.91. The third-order valence-corrected chi connectivity index (χ3v) is 18.3. The number of hydrogen-bond donors (Lipinski definition) is 4. The second-order valence-electron chi connectivity index (χ2n) is 23.4. The maximum Gasteiger partial charge on any atom is 1.00 e. The number of aromatic nitrogens is 18. The molecular weight excluding hydrogens is 2120 g/mol. The molecule has 4 N–H and O–H groups in total. The minimum Gasteiger partial charge on any atom is 1.00 e. The Hall–Kier alpha value is -5.41. The third-order valence-electron chi connectivity index (χ3n) is 17.4. The van der Waals surface area contributed by atoms with Gasteiger partial charge in [0.1, 0.15) is 17.5 Å². The van der Waals surface area contributed by atoms with Crippen LogP contribution in [0.3, 0.4) is 0 Å². The zero-order valence-electron chi connectivity index (χ0n) is 57.6. The monoisotopic (exact) mass is 2180 g/mol. The van der Waals surface area contributed by atoms with Gasteiger partial charge < -0.3 is 34.1 Å². The molecule has 21 nitrogen and oxygen atoms in total. The van der Waals surface area contributed by atoms with Gasteiger partial charge in [0.2, 0.25) is 11.6 Å². The van der Waals surface area contributed by atoms with Gasteiger partial charge in [-0.15, -0.1) is 49.2 Å². The standard InChI is InChI=1S/C38H31ClN6O.C19H17ClN6O.C19H16ClN6O.I3.I2.HI.K/c1-27-40-36(39)35(26-46)44(27)25-28-21-23-29(24-22-28)33-19-11-12-20-34(33)37-41-43-45(42-37)38(30-13-5-2-6-14-30,31-15-7-3-8-16-31)32-17-9-4-10-18-32;2*1-12-21-18(20)17(11-27)26(12)10-13-6-8-14(9-7-13)15-4-2-3-5-16(15)19-22-24-25-23-19;1-3-2;1-2;;/h2-24,46H,25-26H2,1H3;2-9,27H,10-11H2,1H3,(H,22,23,24,25);2-9,27H,10-11H2,1H3;;;1H;/q;;2*-1;;;+1. The summed E-state index contributed by atoms with van der Waals surface area (Å²) in [5.74, 6) is 3.90. The van der Waals surface area contributed by atoms with Crippen molar-refractivity contribution >= 4 is 133 Å². The van der Waals surface area contributed by atoms with Crippen LogP contribution >= 0.6 is 133 Å². The Morgan fingerprint density at radius 1 is 0.430 bits per heavy atom. The first-order chi connectivity index (χ1) is 51.3. The van der Waals surface area contributed by atoms with Crippen LogP contribution in [0.5, 0.6) is 0 Å². The van der Waals surface area contributed by atoms with E-state index in [9.17, 15) is 15.3 Å². The minimum atomic E-state index is -0.854. The first kappa shape index (κ1) is 85.6. The Kier molecular flexibility index (Phi) is 33.8. The van der Waals surface area contributed by atoms with Crippen molar-refractivity contribution in [2.45, 2.75) is 65.8 Å². The van der Waals surface area contributed by atoms with Gasteiger partial charge in [0.25, 0.3) is 0 Å². The maximum absolute atomic E-state index is 9.80. The Balaban J connectivity index is 0.000000188. The number of imidazole rings is 3. The molecule has 0 fully saturated rings. The van der Waals surface area contributed by atoms with Crippen LogP contribution in [0.4, 0.5) is 0 Å². The number of aliphatic hydroxyl groups is 3. The second kappa shape index (κ2) is 42.3. The van der Waals surface area contributed by atoms with E-state index in [1.165, 1.54) is 0 Å². The SMILES string of the molecule is Cc1nc(Cl)c(CO)n1Cc1ccc(-c2ccccc2-c2nn[n-]n2)cc1.Cc1nc(Cl)c(CO)n1Cc1ccc(-c2ccccc2-c2nn[nH]n2)cc1.Cc1nc(Cl)c(CO)n1Cc1ccc(-c2ccccc2-c2nnn(C(c3ccccc3)(c3ccccc3)c3ccccc3)n2)cc1.I.II.I[I-]I.[K+]. The molecule has 0 amide bonds. The molecule has 0 saturated heterocycles. The van der Waals surface area contributed by atoms with Crippen molar-refractivity contribution in [1.29, 1.82) is 0 Å². The number of tetrazole rings is 3. The van der Waals surface area contributed by atoms with Crippen molar-refractivity contribution in [3.63, 3.8) is 0 Å². The van der Waals surface area contributed by atoms with Gasteiger partial charge in [-0.25, -0.2) is 20.1 Å². The first-order valence-electron chi connectivity index (χ1n) is 32.3. The number of aromatic amines is 1. The first-order valence-corrected chi connectivity index (χ1v) is 52.3. The molecular formula is C76H65Cl3I6KN18O3-. The molecule has 542 valence electrons. The summed E-state index contributed by atoms with van der Waals surface area (Å²) in [6, 6.07) is 79.7. The summed E-state index contributed by atoms with van der Waals surface area (Å²) < 4.78 is 5.77. The molecule has 0 aliphatic carbocycles. The summed E-state index contributed by atoms with van der Waals surface area (Å²) in [4.78, 5) is 14.5. The summed E-state index contributed by atoms with van der Waals surface area (Å²) in [5, 5.41) is 73.8. The van der Waals surface area contributed by atoms with Gasteiger partial charge in [0.05, 0.1) is 42.7 Å². The van der Waals surface area contributed by atoms with E-state index in [-0.39, 0.29) is 95.2 Å². The molecule has 0 saturated carbocycles. The van der Waals surface area contributed by atoms with E-state index in [2.05, 4.69) is 227 Å². The average molecular weight is 2190 g/mol. The smallest absolute Gasteiger partial charge is 1.00 e. The van der Waals surface area contributed by atoms with Gasteiger partial charge in [0, 0.05) is 73.6 Å². The largest absolute Gasteiger partial charge is 1.00 e. The molecule has 9 aromatic carbocycles. The Bertz CT molecular complexity index is 4970. The van der Waals surface area contributed by atoms with Gasteiger partial charge in [-0.05, 0) is 98.0 Å². The molecule has 0 spiro atoms. The van der Waals surface area contributed by atoms with Crippen LogP contribution in [0.15, 0.2) is 237 Å². The fourth-order valence-corrected chi connectivity index (χ4v) is 13.2. The number of halogens is 9. The van der Waals surface area contributed by atoms with Crippen LogP contribution < -0.4 is 69.9 Å². The maximum atomic E-state index is 9.80. The van der Waals surface area contributed by atoms with Gasteiger partial charge in [-0.3, -0.25) is 10.4 Å². The van der Waals surface area contributed by atoms with Gasteiger partial charge >= 0.3 is 102 Å². The quantitative estimate of drug-likeness (QED) is 0.0333. The van der Waals surface area contributed by atoms with Crippen molar-refractivity contribution in [1.82, 2.24) is 90.1 Å². The number of aryl methyl sites for hydroxylation is 3. The summed E-state index contributed by atoms with van der Waals surface area (Å²) >= 11 is 27.9. The van der Waals surface area contributed by atoms with Crippen LogP contribution in [0.25, 0.3) is 67.5 Å². The molecule has 107 heavy (non-hydrogen) atoms. The molecule has 6 aromatic heterocycles. The molecule has 0 aliphatic rings. The molecule has 0 radical (unpaired) electrons. The average Bonchev–Trinajstić information content (AvgIpc) is 1.70. The number of nitrogens with zero attached hydrogens (tertiary/aromatic N) is 17. The van der Waals surface area contributed by atoms with Crippen molar-refractivity contribution in [3.8, 4) is 67.5 Å².